The molecule has 2 aromatic carbocycles. The molecule has 0 atom stereocenters. The van der Waals surface area contributed by atoms with Gasteiger partial charge in [0.15, 0.2) is 0 Å². The molecule has 3 aromatic rings. The van der Waals surface area contributed by atoms with E-state index in [2.05, 4.69) is 9.88 Å². The monoisotopic (exact) mass is 371 g/mol. The van der Waals surface area contributed by atoms with Crippen LogP contribution in [0.4, 0.5) is 0 Å². The Labute approximate surface area is 157 Å². The van der Waals surface area contributed by atoms with E-state index in [9.17, 15) is 4.79 Å². The van der Waals surface area contributed by atoms with Gasteiger partial charge in [0.1, 0.15) is 5.82 Å². The summed E-state index contributed by atoms with van der Waals surface area (Å²) in [6.07, 6.45) is 1.01. The number of imidazole rings is 1. The van der Waals surface area contributed by atoms with Gasteiger partial charge < -0.3 is 14.6 Å². The van der Waals surface area contributed by atoms with E-state index >= 15 is 0 Å². The van der Waals surface area contributed by atoms with E-state index < -0.39 is 0 Å². The Kier molecular flexibility index (Phi) is 6.26. The number of halogens is 1. The summed E-state index contributed by atoms with van der Waals surface area (Å²) in [6.45, 7) is 1.60. The minimum atomic E-state index is 0.00326. The summed E-state index contributed by atoms with van der Waals surface area (Å²) < 4.78 is 7.06. The molecule has 0 fully saturated rings. The lowest BCUT2D eigenvalue weighted by molar-refractivity contribution is -0.121. The topological polar surface area (TPSA) is 56.1 Å². The van der Waals surface area contributed by atoms with Crippen LogP contribution in [-0.2, 0) is 22.5 Å². The van der Waals surface area contributed by atoms with Gasteiger partial charge in [-0.15, -0.1) is 0 Å². The molecule has 1 aromatic heterocycles. The molecule has 1 heterocycles. The molecule has 3 rings (SSSR count). The van der Waals surface area contributed by atoms with Crippen molar-refractivity contribution in [3.8, 4) is 0 Å². The summed E-state index contributed by atoms with van der Waals surface area (Å²) in [6, 6.07) is 15.7. The summed E-state index contributed by atoms with van der Waals surface area (Å²) >= 11 is 6.31. The number of methoxy groups -OCH3 is 1. The quantitative estimate of drug-likeness (QED) is 0.617. The number of benzene rings is 2. The zero-order valence-electron chi connectivity index (χ0n) is 14.7. The molecule has 0 aliphatic heterocycles. The van der Waals surface area contributed by atoms with Crippen LogP contribution in [-0.4, -0.2) is 35.7 Å². The van der Waals surface area contributed by atoms with Crippen molar-refractivity contribution in [1.82, 2.24) is 14.9 Å². The molecular formula is C20H22ClN3O2. The Balaban J connectivity index is 1.81. The van der Waals surface area contributed by atoms with E-state index in [0.717, 1.165) is 27.4 Å². The van der Waals surface area contributed by atoms with Gasteiger partial charge in [0.05, 0.1) is 17.6 Å². The fraction of sp³-hybridized carbons (Fsp3) is 0.300. The standard InChI is InChI=1S/C20H22ClN3O2/c1-26-13-11-22-20(25)10-12-24-18-9-5-4-8-17(18)23-19(24)14-15-6-2-3-7-16(15)21/h2-9H,10-14H2,1H3,(H,22,25). The molecule has 0 saturated carbocycles. The van der Waals surface area contributed by atoms with Gasteiger partial charge in [-0.25, -0.2) is 4.98 Å². The Bertz CT molecular complexity index is 892. The lowest BCUT2D eigenvalue weighted by Crippen LogP contribution is -2.27. The first-order chi connectivity index (χ1) is 12.7. The normalized spacial score (nSPS) is 11.0. The second kappa shape index (κ2) is 8.83. The Morgan fingerprint density at radius 1 is 1.19 bits per heavy atom. The van der Waals surface area contributed by atoms with Crippen molar-refractivity contribution in [2.75, 3.05) is 20.3 Å². The maximum Gasteiger partial charge on any atom is 0.221 e. The predicted octanol–water partition coefficient (Wildman–Crippen LogP) is 3.43. The van der Waals surface area contributed by atoms with E-state index in [1.54, 1.807) is 7.11 Å². The summed E-state index contributed by atoms with van der Waals surface area (Å²) in [4.78, 5) is 16.8. The van der Waals surface area contributed by atoms with Crippen LogP contribution in [0, 0.1) is 0 Å². The third-order valence-electron chi connectivity index (χ3n) is 4.23. The van der Waals surface area contributed by atoms with E-state index in [-0.39, 0.29) is 5.91 Å². The van der Waals surface area contributed by atoms with Gasteiger partial charge in [0, 0.05) is 38.1 Å². The first kappa shape index (κ1) is 18.4. The number of para-hydroxylation sites is 2. The molecule has 136 valence electrons. The van der Waals surface area contributed by atoms with Crippen molar-refractivity contribution < 1.29 is 9.53 Å². The number of ether oxygens (including phenoxy) is 1. The molecule has 1 N–H and O–H groups in total. The molecule has 0 saturated heterocycles. The van der Waals surface area contributed by atoms with Gasteiger partial charge in [-0.05, 0) is 23.8 Å². The second-order valence-corrected chi connectivity index (χ2v) is 6.44. The number of fused-ring (bicyclic) bond motifs is 1. The van der Waals surface area contributed by atoms with Crippen LogP contribution in [0.15, 0.2) is 48.5 Å². The number of carbonyl (C=O) groups excluding carboxylic acids is 1. The number of hydrogen-bond donors (Lipinski definition) is 1. The first-order valence-electron chi connectivity index (χ1n) is 8.62. The molecule has 1 amide bonds. The maximum absolute atomic E-state index is 12.1. The van der Waals surface area contributed by atoms with Gasteiger partial charge >= 0.3 is 0 Å². The second-order valence-electron chi connectivity index (χ2n) is 6.03. The van der Waals surface area contributed by atoms with Crippen LogP contribution < -0.4 is 5.32 Å². The molecule has 26 heavy (non-hydrogen) atoms. The van der Waals surface area contributed by atoms with E-state index in [4.69, 9.17) is 21.3 Å². The van der Waals surface area contributed by atoms with Crippen molar-refractivity contribution in [3.63, 3.8) is 0 Å². The highest BCUT2D eigenvalue weighted by Crippen LogP contribution is 2.22. The molecule has 5 nitrogen and oxygen atoms in total. The van der Waals surface area contributed by atoms with Gasteiger partial charge in [-0.2, -0.15) is 0 Å². The fourth-order valence-electron chi connectivity index (χ4n) is 2.92. The average Bonchev–Trinajstić information content (AvgIpc) is 2.99. The number of amides is 1. The lowest BCUT2D eigenvalue weighted by atomic mass is 10.1. The third kappa shape index (κ3) is 4.42. The number of hydrogen-bond acceptors (Lipinski definition) is 3. The smallest absolute Gasteiger partial charge is 0.221 e. The highest BCUT2D eigenvalue weighted by molar-refractivity contribution is 6.31. The zero-order chi connectivity index (χ0) is 18.4. The van der Waals surface area contributed by atoms with Crippen LogP contribution >= 0.6 is 11.6 Å². The molecule has 0 spiro atoms. The van der Waals surface area contributed by atoms with Crippen molar-refractivity contribution in [3.05, 3.63) is 64.9 Å². The minimum absolute atomic E-state index is 0.00326. The highest BCUT2D eigenvalue weighted by Gasteiger charge is 2.13. The lowest BCUT2D eigenvalue weighted by Gasteiger charge is -2.10. The molecule has 0 aliphatic rings. The van der Waals surface area contributed by atoms with Crippen molar-refractivity contribution in [1.29, 1.82) is 0 Å². The van der Waals surface area contributed by atoms with Gasteiger partial charge in [-0.3, -0.25) is 4.79 Å². The van der Waals surface area contributed by atoms with Gasteiger partial charge in [-0.1, -0.05) is 41.9 Å². The van der Waals surface area contributed by atoms with Crippen molar-refractivity contribution >= 4 is 28.5 Å². The third-order valence-corrected chi connectivity index (χ3v) is 4.60. The van der Waals surface area contributed by atoms with Crippen LogP contribution in [0.2, 0.25) is 5.02 Å². The number of carbonyl (C=O) groups is 1. The summed E-state index contributed by atoms with van der Waals surface area (Å²) in [5.74, 6) is 0.910. The fourth-order valence-corrected chi connectivity index (χ4v) is 3.12. The molecule has 0 unspecified atom stereocenters. The highest BCUT2D eigenvalue weighted by atomic mass is 35.5. The number of rotatable bonds is 8. The SMILES string of the molecule is COCCNC(=O)CCn1c(Cc2ccccc2Cl)nc2ccccc21. The average molecular weight is 372 g/mol. The van der Waals surface area contributed by atoms with Crippen LogP contribution in [0.1, 0.15) is 17.8 Å². The summed E-state index contributed by atoms with van der Waals surface area (Å²) in [7, 11) is 1.62. The Hall–Kier alpha value is -2.37. The van der Waals surface area contributed by atoms with Crippen LogP contribution in [0.3, 0.4) is 0 Å². The Morgan fingerprint density at radius 3 is 2.77 bits per heavy atom. The van der Waals surface area contributed by atoms with Gasteiger partial charge in [0.25, 0.3) is 0 Å². The van der Waals surface area contributed by atoms with E-state index in [1.807, 2.05) is 48.5 Å². The predicted molar refractivity (Wildman–Crippen MR) is 103 cm³/mol. The first-order valence-corrected chi connectivity index (χ1v) is 9.00. The zero-order valence-corrected chi connectivity index (χ0v) is 15.5. The number of aryl methyl sites for hydroxylation is 1. The van der Waals surface area contributed by atoms with E-state index in [0.29, 0.717) is 32.5 Å². The van der Waals surface area contributed by atoms with Gasteiger partial charge in [0.2, 0.25) is 5.91 Å². The summed E-state index contributed by atoms with van der Waals surface area (Å²) in [5.41, 5.74) is 2.98. The largest absolute Gasteiger partial charge is 0.383 e. The molecule has 6 heteroatoms. The Morgan fingerprint density at radius 2 is 1.96 bits per heavy atom. The van der Waals surface area contributed by atoms with Crippen molar-refractivity contribution in [2.24, 2.45) is 0 Å². The minimum Gasteiger partial charge on any atom is -0.383 e. The van der Waals surface area contributed by atoms with Crippen LogP contribution in [0.5, 0.6) is 0 Å². The number of nitrogens with zero attached hydrogens (tertiary/aromatic N) is 2. The number of nitrogens with one attached hydrogen (secondary N) is 1. The molecule has 0 bridgehead atoms. The van der Waals surface area contributed by atoms with Crippen LogP contribution in [0.25, 0.3) is 11.0 Å². The summed E-state index contributed by atoms with van der Waals surface area (Å²) in [5, 5.41) is 3.58. The maximum atomic E-state index is 12.1. The van der Waals surface area contributed by atoms with E-state index in [1.165, 1.54) is 0 Å². The molecule has 0 aliphatic carbocycles. The van der Waals surface area contributed by atoms with Crippen molar-refractivity contribution in [2.45, 2.75) is 19.4 Å². The molecule has 0 radical (unpaired) electrons. The number of aromatic nitrogens is 2. The molecular weight excluding hydrogens is 350 g/mol.